The van der Waals surface area contributed by atoms with Crippen molar-refractivity contribution in [3.05, 3.63) is 45.4 Å². The fourth-order valence-corrected chi connectivity index (χ4v) is 4.94. The minimum atomic E-state index is -0.248. The van der Waals surface area contributed by atoms with Crippen LogP contribution < -0.4 is 0 Å². The smallest absolute Gasteiger partial charge is 0.262 e. The van der Waals surface area contributed by atoms with Gasteiger partial charge in [0.2, 0.25) is 0 Å². The Bertz CT molecular complexity index is 922. The maximum Gasteiger partial charge on any atom is 0.262 e. The molecule has 27 heavy (non-hydrogen) atoms. The molecule has 2 amide bonds. The van der Waals surface area contributed by atoms with Crippen molar-refractivity contribution in [1.29, 1.82) is 0 Å². The topological polar surface area (TPSA) is 40.6 Å². The summed E-state index contributed by atoms with van der Waals surface area (Å²) in [7, 11) is 0. The third-order valence-electron chi connectivity index (χ3n) is 5.70. The van der Waals surface area contributed by atoms with Gasteiger partial charge in [-0.1, -0.05) is 48.7 Å². The molecule has 2 heterocycles. The lowest BCUT2D eigenvalue weighted by molar-refractivity contribution is 0.0528. The summed E-state index contributed by atoms with van der Waals surface area (Å²) in [5, 5.41) is 2.17. The van der Waals surface area contributed by atoms with Crippen LogP contribution in [0.15, 0.2) is 24.3 Å². The molecule has 0 saturated carbocycles. The van der Waals surface area contributed by atoms with Gasteiger partial charge in [0.05, 0.1) is 22.2 Å². The molecule has 6 heteroatoms. The van der Waals surface area contributed by atoms with E-state index >= 15 is 0 Å². The minimum Gasteiger partial charge on any atom is -0.301 e. The van der Waals surface area contributed by atoms with E-state index in [4.69, 9.17) is 23.2 Å². The van der Waals surface area contributed by atoms with Gasteiger partial charge in [-0.15, -0.1) is 0 Å². The number of fused-ring (bicyclic) bond motifs is 3. The first kappa shape index (κ1) is 18.7. The molecule has 2 aliphatic rings. The highest BCUT2D eigenvalue weighted by molar-refractivity contribution is 6.44. The summed E-state index contributed by atoms with van der Waals surface area (Å²) >= 11 is 12.7. The van der Waals surface area contributed by atoms with Crippen molar-refractivity contribution in [2.75, 3.05) is 19.6 Å². The van der Waals surface area contributed by atoms with Crippen molar-refractivity contribution in [3.63, 3.8) is 0 Å². The van der Waals surface area contributed by atoms with E-state index < -0.39 is 0 Å². The zero-order chi connectivity index (χ0) is 19.1. The Hall–Kier alpha value is -1.62. The maximum absolute atomic E-state index is 13.3. The van der Waals surface area contributed by atoms with Crippen LogP contribution in [-0.2, 0) is 0 Å². The average Bonchev–Trinajstić information content (AvgIpc) is 2.91. The van der Waals surface area contributed by atoms with E-state index in [2.05, 4.69) is 4.90 Å². The predicted octanol–water partition coefficient (Wildman–Crippen LogP) is 5.01. The number of hydrogen-bond acceptors (Lipinski definition) is 3. The van der Waals surface area contributed by atoms with E-state index in [0.717, 1.165) is 26.1 Å². The van der Waals surface area contributed by atoms with Crippen LogP contribution in [0.5, 0.6) is 0 Å². The van der Waals surface area contributed by atoms with E-state index in [-0.39, 0.29) is 17.9 Å². The molecule has 0 radical (unpaired) electrons. The second-order valence-corrected chi connectivity index (χ2v) is 8.16. The number of benzene rings is 2. The van der Waals surface area contributed by atoms with Crippen molar-refractivity contribution in [2.24, 2.45) is 0 Å². The highest BCUT2D eigenvalue weighted by Gasteiger charge is 2.41. The van der Waals surface area contributed by atoms with Gasteiger partial charge in [-0.25, -0.2) is 0 Å². The van der Waals surface area contributed by atoms with Crippen LogP contribution in [-0.4, -0.2) is 47.3 Å². The molecule has 1 atom stereocenters. The van der Waals surface area contributed by atoms with Gasteiger partial charge in [0.15, 0.2) is 0 Å². The van der Waals surface area contributed by atoms with Crippen molar-refractivity contribution in [3.8, 4) is 0 Å². The van der Waals surface area contributed by atoms with Gasteiger partial charge < -0.3 is 4.90 Å². The second kappa shape index (κ2) is 7.42. The average molecular weight is 405 g/mol. The molecule has 0 N–H and O–H groups in total. The Labute approximate surface area is 169 Å². The SMILES string of the molecule is CCC(CN1CCCCC1)N1C(=O)c2cc(Cl)c3c(Cl)cccc3c2C1=O. The van der Waals surface area contributed by atoms with Crippen LogP contribution in [0.4, 0.5) is 0 Å². The molecule has 0 spiro atoms. The third kappa shape index (κ3) is 3.14. The van der Waals surface area contributed by atoms with Crippen LogP contribution in [0.1, 0.15) is 53.3 Å². The first-order chi connectivity index (χ1) is 13.0. The number of carbonyl (C=O) groups is 2. The number of nitrogens with zero attached hydrogens (tertiary/aromatic N) is 2. The molecule has 0 aliphatic carbocycles. The predicted molar refractivity (Wildman–Crippen MR) is 109 cm³/mol. The maximum atomic E-state index is 13.3. The van der Waals surface area contributed by atoms with E-state index in [9.17, 15) is 9.59 Å². The fraction of sp³-hybridized carbons (Fsp3) is 0.429. The number of rotatable bonds is 4. The number of halogens is 2. The van der Waals surface area contributed by atoms with Gasteiger partial charge in [-0.3, -0.25) is 14.5 Å². The molecule has 2 aromatic carbocycles. The zero-order valence-electron chi connectivity index (χ0n) is 15.3. The molecule has 1 saturated heterocycles. The largest absolute Gasteiger partial charge is 0.301 e. The molecule has 4 rings (SSSR count). The van der Waals surface area contributed by atoms with Crippen LogP contribution in [0.2, 0.25) is 10.0 Å². The van der Waals surface area contributed by atoms with Gasteiger partial charge in [-0.2, -0.15) is 0 Å². The number of carbonyl (C=O) groups excluding carboxylic acids is 2. The standard InChI is InChI=1S/C21H22Cl2N2O2/c1-2-13(12-24-9-4-3-5-10-24)25-20(26)15-11-17(23)19-14(18(15)21(25)27)7-6-8-16(19)22/h6-8,11,13H,2-5,9-10,12H2,1H3. The highest BCUT2D eigenvalue weighted by atomic mass is 35.5. The summed E-state index contributed by atoms with van der Waals surface area (Å²) in [6.07, 6.45) is 4.34. The summed E-state index contributed by atoms with van der Waals surface area (Å²) < 4.78 is 0. The Morgan fingerprint density at radius 2 is 1.78 bits per heavy atom. The van der Waals surface area contributed by atoms with Crippen molar-refractivity contribution in [1.82, 2.24) is 9.80 Å². The molecule has 2 aliphatic heterocycles. The number of likely N-dealkylation sites (tertiary alicyclic amines) is 1. The van der Waals surface area contributed by atoms with E-state index in [1.54, 1.807) is 18.2 Å². The Kier molecular flexibility index (Phi) is 5.15. The summed E-state index contributed by atoms with van der Waals surface area (Å²) in [4.78, 5) is 30.2. The normalized spacial score (nSPS) is 19.0. The Balaban J connectivity index is 1.74. The highest BCUT2D eigenvalue weighted by Crippen LogP contribution is 2.39. The minimum absolute atomic E-state index is 0.136. The van der Waals surface area contributed by atoms with Crippen LogP contribution in [0.3, 0.4) is 0 Å². The molecular weight excluding hydrogens is 383 g/mol. The summed E-state index contributed by atoms with van der Waals surface area (Å²) in [5.74, 6) is -0.481. The molecule has 142 valence electrons. The van der Waals surface area contributed by atoms with Gasteiger partial charge in [0, 0.05) is 17.0 Å². The molecule has 0 aromatic heterocycles. The molecule has 1 fully saturated rings. The summed E-state index contributed by atoms with van der Waals surface area (Å²) in [5.41, 5.74) is 0.816. The van der Waals surface area contributed by atoms with E-state index in [1.165, 1.54) is 24.2 Å². The molecule has 4 nitrogen and oxygen atoms in total. The Morgan fingerprint density at radius 3 is 2.48 bits per heavy atom. The number of imide groups is 1. The second-order valence-electron chi connectivity index (χ2n) is 7.35. The van der Waals surface area contributed by atoms with Gasteiger partial charge in [-0.05, 0) is 49.9 Å². The van der Waals surface area contributed by atoms with Crippen LogP contribution in [0.25, 0.3) is 10.8 Å². The van der Waals surface area contributed by atoms with E-state index in [1.807, 2.05) is 13.0 Å². The lowest BCUT2D eigenvalue weighted by Gasteiger charge is -2.33. The fourth-order valence-electron chi connectivity index (χ4n) is 4.30. The quantitative estimate of drug-likeness (QED) is 0.672. The van der Waals surface area contributed by atoms with Crippen molar-refractivity contribution in [2.45, 2.75) is 38.6 Å². The molecule has 0 bridgehead atoms. The van der Waals surface area contributed by atoms with Crippen molar-refractivity contribution < 1.29 is 9.59 Å². The Morgan fingerprint density at radius 1 is 1.04 bits per heavy atom. The van der Waals surface area contributed by atoms with Crippen molar-refractivity contribution >= 4 is 45.8 Å². The van der Waals surface area contributed by atoms with Gasteiger partial charge in [0.25, 0.3) is 11.8 Å². The monoisotopic (exact) mass is 404 g/mol. The molecular formula is C21H22Cl2N2O2. The lowest BCUT2D eigenvalue weighted by Crippen LogP contribution is -2.47. The van der Waals surface area contributed by atoms with Gasteiger partial charge >= 0.3 is 0 Å². The van der Waals surface area contributed by atoms with Crippen LogP contribution in [0, 0.1) is 0 Å². The van der Waals surface area contributed by atoms with Crippen LogP contribution >= 0.6 is 23.2 Å². The third-order valence-corrected chi connectivity index (χ3v) is 6.31. The zero-order valence-corrected chi connectivity index (χ0v) is 16.8. The molecule has 1 unspecified atom stereocenters. The summed E-state index contributed by atoms with van der Waals surface area (Å²) in [6.45, 7) is 4.82. The number of hydrogen-bond donors (Lipinski definition) is 0. The number of amides is 2. The first-order valence-electron chi connectivity index (χ1n) is 9.54. The van der Waals surface area contributed by atoms with Gasteiger partial charge in [0.1, 0.15) is 0 Å². The number of piperidine rings is 1. The first-order valence-corrected chi connectivity index (χ1v) is 10.3. The lowest BCUT2D eigenvalue weighted by atomic mass is 10.0. The molecule has 2 aromatic rings. The van der Waals surface area contributed by atoms with E-state index in [0.29, 0.717) is 31.9 Å². The summed E-state index contributed by atoms with van der Waals surface area (Å²) in [6, 6.07) is 6.80.